The van der Waals surface area contributed by atoms with Crippen LogP contribution in [0.4, 0.5) is 0 Å². The molecule has 0 saturated carbocycles. The van der Waals surface area contributed by atoms with Crippen molar-refractivity contribution in [3.05, 3.63) is 77.9 Å². The highest BCUT2D eigenvalue weighted by atomic mass is 16.6. The topological polar surface area (TPSA) is 34.3 Å². The van der Waals surface area contributed by atoms with Gasteiger partial charge in [0.1, 0.15) is 5.75 Å². The first kappa shape index (κ1) is 19.3. The maximum absolute atomic E-state index is 5.86. The van der Waals surface area contributed by atoms with E-state index in [-0.39, 0.29) is 0 Å². The average molecular weight is 401 g/mol. The highest BCUT2D eigenvalue weighted by Gasteiger charge is 2.22. The Morgan fingerprint density at radius 2 is 1.37 bits per heavy atom. The molecule has 5 rings (SSSR count). The van der Waals surface area contributed by atoms with Crippen LogP contribution in [0.1, 0.15) is 24.0 Å². The van der Waals surface area contributed by atoms with Crippen molar-refractivity contribution in [1.29, 1.82) is 0 Å². The summed E-state index contributed by atoms with van der Waals surface area (Å²) in [4.78, 5) is 0. The number of rotatable bonds is 9. The minimum absolute atomic E-state index is 0.414. The minimum atomic E-state index is 0.414. The summed E-state index contributed by atoms with van der Waals surface area (Å²) in [6.07, 6.45) is 4.11. The summed E-state index contributed by atoms with van der Waals surface area (Å²) in [5.74, 6) is 0.932. The maximum Gasteiger partial charge on any atom is 0.119 e. The first-order valence-corrected chi connectivity index (χ1v) is 10.9. The Balaban J connectivity index is 1.23. The molecule has 0 N–H and O–H groups in total. The summed E-state index contributed by atoms with van der Waals surface area (Å²) in [7, 11) is 0. The molecule has 2 saturated heterocycles. The summed E-state index contributed by atoms with van der Waals surface area (Å²) in [6.45, 7) is 4.68. The molecule has 0 radical (unpaired) electrons. The molecule has 3 aromatic rings. The number of benzene rings is 3. The van der Waals surface area contributed by atoms with E-state index in [1.54, 1.807) is 0 Å². The lowest BCUT2D eigenvalue weighted by Crippen LogP contribution is -2.01. The monoisotopic (exact) mass is 400 g/mol. The molecule has 3 aromatic carbocycles. The van der Waals surface area contributed by atoms with Crippen LogP contribution in [-0.2, 0) is 15.9 Å². The van der Waals surface area contributed by atoms with Crippen molar-refractivity contribution in [2.45, 2.75) is 38.4 Å². The summed E-state index contributed by atoms with van der Waals surface area (Å²) in [5, 5.41) is 0. The van der Waals surface area contributed by atoms with Crippen molar-refractivity contribution in [3.8, 4) is 28.0 Å². The molecule has 30 heavy (non-hydrogen) atoms. The predicted molar refractivity (Wildman–Crippen MR) is 120 cm³/mol. The number of hydrogen-bond donors (Lipinski definition) is 0. The number of aryl methyl sites for hydroxylation is 2. The second-order valence-corrected chi connectivity index (χ2v) is 8.34. The van der Waals surface area contributed by atoms with Crippen LogP contribution in [0.25, 0.3) is 22.3 Å². The second kappa shape index (κ2) is 8.63. The van der Waals surface area contributed by atoms with Gasteiger partial charge >= 0.3 is 0 Å². The fourth-order valence-corrected chi connectivity index (χ4v) is 3.86. The molecule has 2 heterocycles. The van der Waals surface area contributed by atoms with Gasteiger partial charge in [-0.05, 0) is 65.3 Å². The van der Waals surface area contributed by atoms with Crippen LogP contribution in [0.5, 0.6) is 5.75 Å². The van der Waals surface area contributed by atoms with Crippen LogP contribution in [0.3, 0.4) is 0 Å². The van der Waals surface area contributed by atoms with E-state index < -0.39 is 0 Å². The van der Waals surface area contributed by atoms with Crippen LogP contribution in [-0.4, -0.2) is 32.0 Å². The predicted octanol–water partition coefficient (Wildman–Crippen LogP) is 5.83. The van der Waals surface area contributed by atoms with Crippen molar-refractivity contribution in [1.82, 2.24) is 0 Å². The van der Waals surface area contributed by atoms with Crippen LogP contribution >= 0.6 is 0 Å². The van der Waals surface area contributed by atoms with E-state index in [0.29, 0.717) is 18.8 Å². The van der Waals surface area contributed by atoms with Gasteiger partial charge in [-0.15, -0.1) is 0 Å². The number of ether oxygens (including phenoxy) is 3. The van der Waals surface area contributed by atoms with Crippen LogP contribution in [0.2, 0.25) is 0 Å². The first-order chi connectivity index (χ1) is 14.7. The molecule has 2 aliphatic rings. The van der Waals surface area contributed by atoms with Crippen molar-refractivity contribution in [3.63, 3.8) is 0 Å². The fourth-order valence-electron chi connectivity index (χ4n) is 3.86. The van der Waals surface area contributed by atoms with Crippen LogP contribution in [0, 0.1) is 6.92 Å². The van der Waals surface area contributed by atoms with E-state index in [1.165, 1.54) is 33.4 Å². The summed E-state index contributed by atoms with van der Waals surface area (Å²) in [6, 6.07) is 24.1. The molecule has 2 aliphatic heterocycles. The van der Waals surface area contributed by atoms with Crippen molar-refractivity contribution in [2.24, 2.45) is 0 Å². The van der Waals surface area contributed by atoms with Gasteiger partial charge in [-0.1, -0.05) is 54.6 Å². The minimum Gasteiger partial charge on any atom is -0.493 e. The van der Waals surface area contributed by atoms with Gasteiger partial charge in [0.05, 0.1) is 32.0 Å². The van der Waals surface area contributed by atoms with E-state index in [4.69, 9.17) is 14.2 Å². The smallest absolute Gasteiger partial charge is 0.119 e. The Morgan fingerprint density at radius 1 is 0.767 bits per heavy atom. The second-order valence-electron chi connectivity index (χ2n) is 8.34. The van der Waals surface area contributed by atoms with Gasteiger partial charge in [0, 0.05) is 6.42 Å². The zero-order chi connectivity index (χ0) is 20.3. The van der Waals surface area contributed by atoms with Crippen molar-refractivity contribution >= 4 is 0 Å². The van der Waals surface area contributed by atoms with Gasteiger partial charge in [-0.25, -0.2) is 0 Å². The maximum atomic E-state index is 5.86. The van der Waals surface area contributed by atoms with E-state index in [1.807, 2.05) is 0 Å². The molecule has 3 nitrogen and oxygen atoms in total. The first-order valence-electron chi connectivity index (χ1n) is 10.9. The van der Waals surface area contributed by atoms with Crippen molar-refractivity contribution < 1.29 is 14.2 Å². The van der Waals surface area contributed by atoms with Gasteiger partial charge in [-0.2, -0.15) is 0 Å². The molecule has 0 aromatic heterocycles. The van der Waals surface area contributed by atoms with Crippen molar-refractivity contribution in [2.75, 3.05) is 19.8 Å². The van der Waals surface area contributed by atoms with E-state index in [2.05, 4.69) is 73.7 Å². The largest absolute Gasteiger partial charge is 0.493 e. The Kier molecular flexibility index (Phi) is 5.56. The summed E-state index contributed by atoms with van der Waals surface area (Å²) >= 11 is 0. The zero-order valence-electron chi connectivity index (χ0n) is 17.5. The highest BCUT2D eigenvalue weighted by molar-refractivity contribution is 5.72. The van der Waals surface area contributed by atoms with Gasteiger partial charge in [0.15, 0.2) is 0 Å². The van der Waals surface area contributed by atoms with Gasteiger partial charge in [0.2, 0.25) is 0 Å². The lowest BCUT2D eigenvalue weighted by atomic mass is 9.96. The molecule has 2 atom stereocenters. The molecule has 3 heteroatoms. The van der Waals surface area contributed by atoms with E-state index in [9.17, 15) is 0 Å². The Bertz CT molecular complexity index is 984. The van der Waals surface area contributed by atoms with Gasteiger partial charge in [-0.3, -0.25) is 0 Å². The molecule has 0 spiro atoms. The average Bonchev–Trinajstić information content (AvgIpc) is 3.69. The molecule has 0 amide bonds. The van der Waals surface area contributed by atoms with Gasteiger partial charge in [0.25, 0.3) is 0 Å². The zero-order valence-corrected chi connectivity index (χ0v) is 17.5. The van der Waals surface area contributed by atoms with E-state index in [0.717, 1.165) is 38.2 Å². The lowest BCUT2D eigenvalue weighted by molar-refractivity contribution is 0.283. The van der Waals surface area contributed by atoms with E-state index >= 15 is 0 Å². The Labute approximate surface area is 178 Å². The quantitative estimate of drug-likeness (QED) is 0.424. The molecule has 0 bridgehead atoms. The third kappa shape index (κ3) is 4.92. The van der Waals surface area contributed by atoms with Gasteiger partial charge < -0.3 is 14.2 Å². The molecule has 2 fully saturated rings. The molecule has 0 aliphatic carbocycles. The normalized spacial score (nSPS) is 19.5. The number of epoxide rings is 2. The fraction of sp³-hybridized carbons (Fsp3) is 0.333. The SMILES string of the molecule is Cc1cc(OCCC2CO2)ccc1-c1ccc(-c2ccc(CCC3CO3)cc2)cc1. The van der Waals surface area contributed by atoms with Crippen LogP contribution in [0.15, 0.2) is 66.7 Å². The summed E-state index contributed by atoms with van der Waals surface area (Å²) in [5.41, 5.74) is 7.59. The molecular weight excluding hydrogens is 372 g/mol. The Hall–Kier alpha value is -2.62. The lowest BCUT2D eigenvalue weighted by Gasteiger charge is -2.11. The number of hydrogen-bond acceptors (Lipinski definition) is 3. The summed E-state index contributed by atoms with van der Waals surface area (Å²) < 4.78 is 16.4. The standard InChI is InChI=1S/C27H28O3/c1-19-16-24(28-15-14-26-18-30-26)12-13-27(19)23-9-7-22(8-10-23)21-5-2-20(3-6-21)4-11-25-17-29-25/h2-3,5-10,12-13,16,25-26H,4,11,14-15,17-18H2,1H3. The third-order valence-electron chi connectivity index (χ3n) is 5.95. The molecular formula is C27H28O3. The Morgan fingerprint density at radius 3 is 2.00 bits per heavy atom. The molecule has 2 unspecified atom stereocenters. The van der Waals surface area contributed by atoms with Crippen LogP contribution < -0.4 is 4.74 Å². The molecule has 154 valence electrons. The highest BCUT2D eigenvalue weighted by Crippen LogP contribution is 2.30. The third-order valence-corrected chi connectivity index (χ3v) is 5.95.